The number of aromatic nitrogens is 1. The number of pyridine rings is 1. The van der Waals surface area contributed by atoms with E-state index in [1.807, 2.05) is 73.7 Å². The van der Waals surface area contributed by atoms with Crippen molar-refractivity contribution in [3.8, 4) is 22.6 Å². The number of carbonyl (C=O) groups excluding carboxylic acids is 1. The lowest BCUT2D eigenvalue weighted by molar-refractivity contribution is 0.104. The van der Waals surface area contributed by atoms with Crippen LogP contribution in [0.1, 0.15) is 21.6 Å². The second kappa shape index (κ2) is 9.25. The van der Waals surface area contributed by atoms with Gasteiger partial charge in [-0.2, -0.15) is 0 Å². The zero-order valence-electron chi connectivity index (χ0n) is 18.1. The molecule has 0 atom stereocenters. The zero-order chi connectivity index (χ0) is 22.7. The molecule has 0 unspecified atom stereocenters. The number of hydrogen-bond donors (Lipinski definition) is 0. The van der Waals surface area contributed by atoms with Crippen LogP contribution in [0.25, 0.3) is 28.1 Å². The molecule has 1 heterocycles. The maximum atomic E-state index is 13.5. The number of benzene rings is 3. The second-order valence-electron chi connectivity index (χ2n) is 7.25. The van der Waals surface area contributed by atoms with E-state index in [0.717, 1.165) is 27.6 Å². The van der Waals surface area contributed by atoms with Crippen molar-refractivity contribution in [3.05, 3.63) is 94.6 Å². The third-order valence-electron chi connectivity index (χ3n) is 5.30. The van der Waals surface area contributed by atoms with E-state index >= 15 is 0 Å². The van der Waals surface area contributed by atoms with Crippen LogP contribution in [-0.2, 0) is 0 Å². The summed E-state index contributed by atoms with van der Waals surface area (Å²) < 4.78 is 10.8. The van der Waals surface area contributed by atoms with E-state index in [-0.39, 0.29) is 5.78 Å². The second-order valence-corrected chi connectivity index (χ2v) is 7.69. The van der Waals surface area contributed by atoms with Gasteiger partial charge >= 0.3 is 0 Å². The van der Waals surface area contributed by atoms with Crippen LogP contribution in [0.3, 0.4) is 0 Å². The van der Waals surface area contributed by atoms with E-state index in [2.05, 4.69) is 0 Å². The summed E-state index contributed by atoms with van der Waals surface area (Å²) in [4.78, 5) is 18.2. The topological polar surface area (TPSA) is 48.4 Å². The molecule has 0 amide bonds. The van der Waals surface area contributed by atoms with Crippen molar-refractivity contribution in [2.24, 2.45) is 0 Å². The Bertz CT molecular complexity index is 1330. The monoisotopic (exact) mass is 443 g/mol. The van der Waals surface area contributed by atoms with E-state index in [1.54, 1.807) is 26.4 Å². The number of nitrogens with zero attached hydrogens (tertiary/aromatic N) is 1. The lowest BCUT2D eigenvalue weighted by Crippen LogP contribution is -2.05. The standard InChI is InChI=1S/C27H22ClNO3/c1-17-25(23(30)16-13-19-7-6-10-24(31-2)27(19)32-3)26(18-11-14-20(28)15-12-18)21-8-4-5-9-22(21)29-17/h4-16H,1-3H3. The largest absolute Gasteiger partial charge is 0.493 e. The van der Waals surface area contributed by atoms with Crippen LogP contribution in [0.15, 0.2) is 72.8 Å². The molecule has 0 aliphatic heterocycles. The normalized spacial score (nSPS) is 11.1. The van der Waals surface area contributed by atoms with Gasteiger partial charge in [0.25, 0.3) is 0 Å². The lowest BCUT2D eigenvalue weighted by atomic mass is 9.92. The summed E-state index contributed by atoms with van der Waals surface area (Å²) in [6.07, 6.45) is 3.29. The zero-order valence-corrected chi connectivity index (χ0v) is 18.8. The number of carbonyl (C=O) groups is 1. The number of rotatable bonds is 6. The fourth-order valence-corrected chi connectivity index (χ4v) is 3.97. The van der Waals surface area contributed by atoms with E-state index in [1.165, 1.54) is 0 Å². The number of ether oxygens (including phenoxy) is 2. The molecule has 0 N–H and O–H groups in total. The summed E-state index contributed by atoms with van der Waals surface area (Å²) in [5, 5.41) is 1.55. The fourth-order valence-electron chi connectivity index (χ4n) is 3.84. The van der Waals surface area contributed by atoms with Crippen LogP contribution in [0.2, 0.25) is 5.02 Å². The highest BCUT2D eigenvalue weighted by atomic mass is 35.5. The molecule has 0 radical (unpaired) electrons. The first kappa shape index (κ1) is 21.6. The first-order valence-electron chi connectivity index (χ1n) is 10.1. The van der Waals surface area contributed by atoms with Crippen LogP contribution in [-0.4, -0.2) is 25.0 Å². The highest BCUT2D eigenvalue weighted by molar-refractivity contribution is 6.30. The van der Waals surface area contributed by atoms with Crippen LogP contribution in [0, 0.1) is 6.92 Å². The molecule has 0 saturated heterocycles. The number of allylic oxidation sites excluding steroid dienone is 1. The molecule has 0 bridgehead atoms. The third-order valence-corrected chi connectivity index (χ3v) is 5.55. The van der Waals surface area contributed by atoms with Crippen LogP contribution in [0.4, 0.5) is 0 Å². The van der Waals surface area contributed by atoms with E-state index in [9.17, 15) is 4.79 Å². The Morgan fingerprint density at radius 1 is 0.938 bits per heavy atom. The Balaban J connectivity index is 1.87. The van der Waals surface area contributed by atoms with Crippen LogP contribution in [0.5, 0.6) is 11.5 Å². The maximum absolute atomic E-state index is 13.5. The van der Waals surface area contributed by atoms with E-state index in [4.69, 9.17) is 26.1 Å². The SMILES string of the molecule is COc1cccc(C=CC(=O)c2c(C)nc3ccccc3c2-c2ccc(Cl)cc2)c1OC. The summed E-state index contributed by atoms with van der Waals surface area (Å²) in [6, 6.07) is 20.9. The van der Waals surface area contributed by atoms with Gasteiger partial charge in [0.1, 0.15) is 0 Å². The van der Waals surface area contributed by atoms with Crippen molar-refractivity contribution < 1.29 is 14.3 Å². The third kappa shape index (κ3) is 4.10. The number of aryl methyl sites for hydroxylation is 1. The molecular weight excluding hydrogens is 422 g/mol. The predicted octanol–water partition coefficient (Wildman–Crippen LogP) is 6.78. The average molecular weight is 444 g/mol. The van der Waals surface area contributed by atoms with Crippen LogP contribution < -0.4 is 9.47 Å². The summed E-state index contributed by atoms with van der Waals surface area (Å²) >= 11 is 6.11. The number of methoxy groups -OCH3 is 2. The van der Waals surface area contributed by atoms with Crippen LogP contribution >= 0.6 is 11.6 Å². The Hall–Kier alpha value is -3.63. The molecule has 0 saturated carbocycles. The van der Waals surface area contributed by atoms with Gasteiger partial charge in [0.05, 0.1) is 25.3 Å². The molecule has 4 nitrogen and oxygen atoms in total. The van der Waals surface area contributed by atoms with Gasteiger partial charge in [0, 0.05) is 27.2 Å². The van der Waals surface area contributed by atoms with E-state index < -0.39 is 0 Å². The maximum Gasteiger partial charge on any atom is 0.188 e. The molecule has 3 aromatic carbocycles. The first-order chi connectivity index (χ1) is 15.5. The Morgan fingerprint density at radius 2 is 1.69 bits per heavy atom. The van der Waals surface area contributed by atoms with Crippen molar-refractivity contribution in [3.63, 3.8) is 0 Å². The number of para-hydroxylation sites is 2. The molecule has 0 fully saturated rings. The van der Waals surface area contributed by atoms with Gasteiger partial charge in [0.2, 0.25) is 0 Å². The predicted molar refractivity (Wildman–Crippen MR) is 130 cm³/mol. The summed E-state index contributed by atoms with van der Waals surface area (Å²) in [6.45, 7) is 1.86. The molecule has 32 heavy (non-hydrogen) atoms. The molecule has 0 spiro atoms. The van der Waals surface area contributed by atoms with Crippen molar-refractivity contribution in [2.75, 3.05) is 14.2 Å². The number of hydrogen-bond acceptors (Lipinski definition) is 4. The Morgan fingerprint density at radius 3 is 2.41 bits per heavy atom. The van der Waals surface area contributed by atoms with Crippen molar-refractivity contribution in [2.45, 2.75) is 6.92 Å². The van der Waals surface area contributed by atoms with Gasteiger partial charge in [-0.05, 0) is 48.9 Å². The average Bonchev–Trinajstić information content (AvgIpc) is 2.81. The number of halogens is 1. The van der Waals surface area contributed by atoms with Gasteiger partial charge in [-0.25, -0.2) is 0 Å². The number of ketones is 1. The van der Waals surface area contributed by atoms with Crippen molar-refractivity contribution in [1.82, 2.24) is 4.98 Å². The van der Waals surface area contributed by atoms with Gasteiger partial charge in [-0.3, -0.25) is 9.78 Å². The Kier molecular flexibility index (Phi) is 6.24. The minimum absolute atomic E-state index is 0.143. The lowest BCUT2D eigenvalue weighted by Gasteiger charge is -2.14. The quantitative estimate of drug-likeness (QED) is 0.243. The molecule has 160 valence electrons. The van der Waals surface area contributed by atoms with Gasteiger partial charge < -0.3 is 9.47 Å². The van der Waals surface area contributed by atoms with E-state index in [0.29, 0.717) is 27.8 Å². The van der Waals surface area contributed by atoms with Crippen molar-refractivity contribution >= 4 is 34.4 Å². The smallest absolute Gasteiger partial charge is 0.188 e. The summed E-state index contributed by atoms with van der Waals surface area (Å²) in [7, 11) is 3.16. The summed E-state index contributed by atoms with van der Waals surface area (Å²) in [5.74, 6) is 1.04. The minimum atomic E-state index is -0.143. The highest BCUT2D eigenvalue weighted by Gasteiger charge is 2.19. The van der Waals surface area contributed by atoms with Crippen molar-refractivity contribution in [1.29, 1.82) is 0 Å². The molecule has 0 aliphatic rings. The first-order valence-corrected chi connectivity index (χ1v) is 10.5. The molecule has 5 heteroatoms. The summed E-state index contributed by atoms with van der Waals surface area (Å²) in [5.41, 5.74) is 4.57. The van der Waals surface area contributed by atoms with Gasteiger partial charge in [-0.1, -0.05) is 54.1 Å². The molecule has 1 aromatic heterocycles. The van der Waals surface area contributed by atoms with Gasteiger partial charge in [0.15, 0.2) is 17.3 Å². The highest BCUT2D eigenvalue weighted by Crippen LogP contribution is 2.35. The minimum Gasteiger partial charge on any atom is -0.493 e. The fraction of sp³-hybridized carbons (Fsp3) is 0.111. The Labute approximate surface area is 192 Å². The molecule has 4 rings (SSSR count). The molecular formula is C27H22ClNO3. The molecule has 0 aliphatic carbocycles. The molecule has 4 aromatic rings. The van der Waals surface area contributed by atoms with Gasteiger partial charge in [-0.15, -0.1) is 0 Å². The number of fused-ring (bicyclic) bond motifs is 1.